The molecule has 1 nitrogen and oxygen atoms in total. The van der Waals surface area contributed by atoms with Crippen molar-refractivity contribution in [1.29, 1.82) is 0 Å². The number of para-hydroxylation sites is 1. The van der Waals surface area contributed by atoms with Gasteiger partial charge >= 0.3 is 6.18 Å². The Kier molecular flexibility index (Phi) is 2.52. The van der Waals surface area contributed by atoms with E-state index in [9.17, 15) is 13.2 Å². The van der Waals surface area contributed by atoms with Crippen LogP contribution in [0.4, 0.5) is 24.5 Å². The van der Waals surface area contributed by atoms with Gasteiger partial charge in [-0.1, -0.05) is 30.0 Å². The molecule has 2 aromatic carbocycles. The SMILES string of the molecule is FC(F)(F)c1cccc2c1Sc1ccccc1N2. The van der Waals surface area contributed by atoms with Crippen molar-refractivity contribution < 1.29 is 13.2 Å². The van der Waals surface area contributed by atoms with Gasteiger partial charge in [-0.3, -0.25) is 0 Å². The number of anilines is 2. The van der Waals surface area contributed by atoms with E-state index in [4.69, 9.17) is 0 Å². The van der Waals surface area contributed by atoms with Crippen LogP contribution in [0.5, 0.6) is 0 Å². The summed E-state index contributed by atoms with van der Waals surface area (Å²) in [4.78, 5) is 1.05. The van der Waals surface area contributed by atoms with Crippen LogP contribution in [0.15, 0.2) is 52.3 Å². The molecule has 0 unspecified atom stereocenters. The fraction of sp³-hybridized carbons (Fsp3) is 0.0769. The van der Waals surface area contributed by atoms with Gasteiger partial charge in [0.25, 0.3) is 0 Å². The number of fused-ring (bicyclic) bond motifs is 2. The smallest absolute Gasteiger partial charge is 0.354 e. The topological polar surface area (TPSA) is 12.0 Å². The minimum atomic E-state index is -4.33. The van der Waals surface area contributed by atoms with E-state index in [1.165, 1.54) is 6.07 Å². The van der Waals surface area contributed by atoms with Gasteiger partial charge < -0.3 is 5.32 Å². The second-order valence-corrected chi connectivity index (χ2v) is 4.96. The summed E-state index contributed by atoms with van der Waals surface area (Å²) >= 11 is 1.15. The highest BCUT2D eigenvalue weighted by Gasteiger charge is 2.35. The van der Waals surface area contributed by atoms with Gasteiger partial charge in [-0.15, -0.1) is 0 Å². The van der Waals surface area contributed by atoms with Gasteiger partial charge in [0, 0.05) is 9.79 Å². The average Bonchev–Trinajstić information content (AvgIpc) is 2.34. The summed E-state index contributed by atoms with van der Waals surface area (Å²) in [7, 11) is 0. The van der Waals surface area contributed by atoms with Crippen molar-refractivity contribution in [2.75, 3.05) is 5.32 Å². The fourth-order valence-corrected chi connectivity index (χ4v) is 3.00. The highest BCUT2D eigenvalue weighted by molar-refractivity contribution is 7.99. The summed E-state index contributed by atoms with van der Waals surface area (Å²) in [5, 5.41) is 3.03. The second kappa shape index (κ2) is 3.95. The minimum Gasteiger partial charge on any atom is -0.354 e. The lowest BCUT2D eigenvalue weighted by Gasteiger charge is -2.23. The molecule has 1 heterocycles. The molecule has 92 valence electrons. The van der Waals surface area contributed by atoms with Crippen LogP contribution in [0.25, 0.3) is 0 Å². The Morgan fingerprint density at radius 3 is 2.39 bits per heavy atom. The molecule has 1 N–H and O–H groups in total. The number of halogens is 3. The van der Waals surface area contributed by atoms with Gasteiger partial charge in [0.1, 0.15) is 0 Å². The van der Waals surface area contributed by atoms with Crippen molar-refractivity contribution in [2.24, 2.45) is 0 Å². The van der Waals surface area contributed by atoms with E-state index >= 15 is 0 Å². The normalized spacial score (nSPS) is 13.5. The number of nitrogens with one attached hydrogen (secondary N) is 1. The predicted molar refractivity (Wildman–Crippen MR) is 65.3 cm³/mol. The molecule has 0 saturated heterocycles. The third-order valence-corrected chi connectivity index (χ3v) is 3.91. The van der Waals surface area contributed by atoms with E-state index in [2.05, 4.69) is 5.32 Å². The molecule has 0 aliphatic carbocycles. The lowest BCUT2D eigenvalue weighted by Crippen LogP contribution is -2.10. The number of hydrogen-bond donors (Lipinski definition) is 1. The molecule has 2 aromatic rings. The lowest BCUT2D eigenvalue weighted by molar-refractivity contribution is -0.139. The molecule has 0 spiro atoms. The summed E-state index contributed by atoms with van der Waals surface area (Å²) in [6, 6.07) is 11.5. The van der Waals surface area contributed by atoms with E-state index in [1.54, 1.807) is 6.07 Å². The van der Waals surface area contributed by atoms with Crippen molar-refractivity contribution in [3.05, 3.63) is 48.0 Å². The summed E-state index contributed by atoms with van der Waals surface area (Å²) in [5.41, 5.74) is 0.759. The number of alkyl halides is 3. The zero-order chi connectivity index (χ0) is 12.8. The molecule has 1 aliphatic heterocycles. The third kappa shape index (κ3) is 1.84. The first-order valence-electron chi connectivity index (χ1n) is 5.30. The van der Waals surface area contributed by atoms with Crippen molar-refractivity contribution in [3.8, 4) is 0 Å². The average molecular weight is 267 g/mol. The maximum atomic E-state index is 12.9. The first-order valence-corrected chi connectivity index (χ1v) is 6.11. The molecular weight excluding hydrogens is 259 g/mol. The van der Waals surface area contributed by atoms with Crippen LogP contribution in [0.2, 0.25) is 0 Å². The van der Waals surface area contributed by atoms with Gasteiger partial charge in [0.05, 0.1) is 16.9 Å². The van der Waals surface area contributed by atoms with E-state index < -0.39 is 11.7 Å². The van der Waals surface area contributed by atoms with Crippen molar-refractivity contribution in [1.82, 2.24) is 0 Å². The van der Waals surface area contributed by atoms with Crippen LogP contribution in [0.3, 0.4) is 0 Å². The van der Waals surface area contributed by atoms with Crippen LogP contribution in [-0.4, -0.2) is 0 Å². The van der Waals surface area contributed by atoms with Crippen LogP contribution in [0, 0.1) is 0 Å². The zero-order valence-corrected chi connectivity index (χ0v) is 9.90. The zero-order valence-electron chi connectivity index (χ0n) is 9.08. The monoisotopic (exact) mass is 267 g/mol. The molecule has 18 heavy (non-hydrogen) atoms. The maximum Gasteiger partial charge on any atom is 0.417 e. The highest BCUT2D eigenvalue weighted by Crippen LogP contribution is 2.49. The standard InChI is InChI=1S/C13H8F3NS/c14-13(15,16)8-4-3-6-10-12(8)18-11-7-2-1-5-9(11)17-10/h1-7,17H. The fourth-order valence-electron chi connectivity index (χ4n) is 1.88. The maximum absolute atomic E-state index is 12.9. The highest BCUT2D eigenvalue weighted by atomic mass is 32.2. The van der Waals surface area contributed by atoms with Crippen LogP contribution in [0.1, 0.15) is 5.56 Å². The molecular formula is C13H8F3NS. The Hall–Kier alpha value is -1.62. The van der Waals surface area contributed by atoms with E-state index in [1.807, 2.05) is 24.3 Å². The van der Waals surface area contributed by atoms with Crippen LogP contribution in [-0.2, 0) is 6.18 Å². The summed E-state index contributed by atoms with van der Waals surface area (Å²) in [6.45, 7) is 0. The van der Waals surface area contributed by atoms with Crippen molar-refractivity contribution in [2.45, 2.75) is 16.0 Å². The molecule has 0 fully saturated rings. The van der Waals surface area contributed by atoms with Crippen LogP contribution < -0.4 is 5.32 Å². The Labute approximate surface area is 106 Å². The predicted octanol–water partition coefficient (Wildman–Crippen LogP) is 4.91. The minimum absolute atomic E-state index is 0.240. The summed E-state index contributed by atoms with van der Waals surface area (Å²) in [6.07, 6.45) is -4.33. The molecule has 0 aromatic heterocycles. The Morgan fingerprint density at radius 1 is 0.889 bits per heavy atom. The van der Waals surface area contributed by atoms with Gasteiger partial charge in [0.15, 0.2) is 0 Å². The molecule has 0 radical (unpaired) electrons. The van der Waals surface area contributed by atoms with Gasteiger partial charge in [-0.05, 0) is 24.3 Å². The first-order chi connectivity index (χ1) is 8.55. The van der Waals surface area contributed by atoms with E-state index in [0.29, 0.717) is 5.69 Å². The molecule has 0 bridgehead atoms. The van der Waals surface area contributed by atoms with Crippen molar-refractivity contribution in [3.63, 3.8) is 0 Å². The van der Waals surface area contributed by atoms with Gasteiger partial charge in [-0.2, -0.15) is 13.2 Å². The number of rotatable bonds is 0. The second-order valence-electron chi connectivity index (χ2n) is 3.90. The Balaban J connectivity index is 2.14. The van der Waals surface area contributed by atoms with E-state index in [0.717, 1.165) is 28.4 Å². The number of benzene rings is 2. The summed E-state index contributed by atoms with van der Waals surface area (Å²) < 4.78 is 38.7. The molecule has 3 rings (SSSR count). The quantitative estimate of drug-likeness (QED) is 0.621. The molecule has 1 aliphatic rings. The van der Waals surface area contributed by atoms with E-state index in [-0.39, 0.29) is 4.90 Å². The van der Waals surface area contributed by atoms with Gasteiger partial charge in [-0.25, -0.2) is 0 Å². The first kappa shape index (κ1) is 11.5. The summed E-state index contributed by atoms with van der Waals surface area (Å²) in [5.74, 6) is 0. The molecule has 5 heteroatoms. The van der Waals surface area contributed by atoms with Gasteiger partial charge in [0.2, 0.25) is 0 Å². The molecule has 0 amide bonds. The third-order valence-electron chi connectivity index (χ3n) is 2.69. The Bertz CT molecular complexity index is 607. The lowest BCUT2D eigenvalue weighted by atomic mass is 10.1. The largest absolute Gasteiger partial charge is 0.417 e. The van der Waals surface area contributed by atoms with Crippen LogP contribution >= 0.6 is 11.8 Å². The van der Waals surface area contributed by atoms with Crippen molar-refractivity contribution >= 4 is 23.1 Å². The number of hydrogen-bond acceptors (Lipinski definition) is 2. The molecule has 0 atom stereocenters. The molecule has 0 saturated carbocycles. The Morgan fingerprint density at radius 2 is 1.61 bits per heavy atom.